The van der Waals surface area contributed by atoms with Crippen LogP contribution in [0.3, 0.4) is 0 Å². The molecule has 6 nitrogen and oxygen atoms in total. The van der Waals surface area contributed by atoms with E-state index in [1.54, 1.807) is 6.20 Å². The fraction of sp³-hybridized carbons (Fsp3) is 0.500. The van der Waals surface area contributed by atoms with Gasteiger partial charge in [-0.1, -0.05) is 6.07 Å². The molecule has 1 fully saturated rings. The predicted octanol–water partition coefficient (Wildman–Crippen LogP) is -0.136. The Morgan fingerprint density at radius 1 is 1.61 bits per heavy atom. The molecule has 6 heteroatoms. The second-order valence-electron chi connectivity index (χ2n) is 4.62. The van der Waals surface area contributed by atoms with Gasteiger partial charge in [-0.15, -0.1) is 0 Å². The van der Waals surface area contributed by atoms with Gasteiger partial charge in [-0.25, -0.2) is 4.98 Å². The third kappa shape index (κ3) is 2.77. The van der Waals surface area contributed by atoms with Crippen molar-refractivity contribution in [3.8, 4) is 0 Å². The summed E-state index contributed by atoms with van der Waals surface area (Å²) < 4.78 is 0. The lowest BCUT2D eigenvalue weighted by molar-refractivity contribution is -0.145. The number of hydrogen-bond acceptors (Lipinski definition) is 5. The quantitative estimate of drug-likeness (QED) is 0.777. The van der Waals surface area contributed by atoms with Crippen LogP contribution < -0.4 is 5.73 Å². The summed E-state index contributed by atoms with van der Waals surface area (Å²) in [5, 5.41) is 9.14. The first kappa shape index (κ1) is 12.8. The molecule has 2 heterocycles. The molecule has 0 radical (unpaired) electrons. The number of nitrogens with two attached hydrogens (primary N) is 1. The van der Waals surface area contributed by atoms with Crippen molar-refractivity contribution >= 4 is 11.8 Å². The number of carbonyl (C=O) groups is 1. The number of carboxylic acids is 1. The average Bonchev–Trinajstić information content (AvgIpc) is 2.34. The fourth-order valence-electron chi connectivity index (χ4n) is 2.17. The maximum atomic E-state index is 11.1. The predicted molar refractivity (Wildman–Crippen MR) is 68.0 cm³/mol. The maximum absolute atomic E-state index is 11.1. The molecule has 1 atom stereocenters. The van der Waals surface area contributed by atoms with Gasteiger partial charge in [0.05, 0.1) is 0 Å². The van der Waals surface area contributed by atoms with Gasteiger partial charge < -0.3 is 10.8 Å². The SMILES string of the molecule is CN1CCN(Cc2cccnc2N)C[C@H]1C(=O)O. The van der Waals surface area contributed by atoms with Gasteiger partial charge in [0, 0.05) is 37.9 Å². The van der Waals surface area contributed by atoms with Crippen LogP contribution in [0.1, 0.15) is 5.56 Å². The summed E-state index contributed by atoms with van der Waals surface area (Å²) in [6.07, 6.45) is 1.66. The van der Waals surface area contributed by atoms with E-state index in [2.05, 4.69) is 9.88 Å². The number of nitrogens with zero attached hydrogens (tertiary/aromatic N) is 3. The molecule has 2 rings (SSSR count). The highest BCUT2D eigenvalue weighted by atomic mass is 16.4. The van der Waals surface area contributed by atoms with Crippen molar-refractivity contribution in [1.82, 2.24) is 14.8 Å². The van der Waals surface area contributed by atoms with Crippen LogP contribution in [0.25, 0.3) is 0 Å². The number of carboxylic acid groups (broad SMARTS) is 1. The van der Waals surface area contributed by atoms with Crippen LogP contribution in [0.2, 0.25) is 0 Å². The van der Waals surface area contributed by atoms with Crippen molar-refractivity contribution in [3.05, 3.63) is 23.9 Å². The minimum absolute atomic E-state index is 0.448. The third-order valence-electron chi connectivity index (χ3n) is 3.34. The number of rotatable bonds is 3. The zero-order chi connectivity index (χ0) is 13.1. The number of nitrogen functional groups attached to an aromatic ring is 1. The molecular formula is C12H18N4O2. The summed E-state index contributed by atoms with van der Waals surface area (Å²) in [5.74, 6) is -0.260. The first-order valence-electron chi connectivity index (χ1n) is 5.92. The van der Waals surface area contributed by atoms with Crippen LogP contribution in [0.4, 0.5) is 5.82 Å². The molecule has 0 bridgehead atoms. The molecule has 0 aromatic carbocycles. The number of likely N-dealkylation sites (N-methyl/N-ethyl adjacent to an activating group) is 1. The Hall–Kier alpha value is -1.66. The van der Waals surface area contributed by atoms with E-state index < -0.39 is 12.0 Å². The minimum Gasteiger partial charge on any atom is -0.480 e. The molecule has 0 amide bonds. The van der Waals surface area contributed by atoms with E-state index in [1.807, 2.05) is 24.1 Å². The van der Waals surface area contributed by atoms with E-state index in [-0.39, 0.29) is 0 Å². The van der Waals surface area contributed by atoms with Gasteiger partial charge in [-0.2, -0.15) is 0 Å². The lowest BCUT2D eigenvalue weighted by atomic mass is 10.1. The van der Waals surface area contributed by atoms with Crippen LogP contribution in [-0.2, 0) is 11.3 Å². The standard InChI is InChI=1S/C12H18N4O2/c1-15-5-6-16(8-10(15)12(17)18)7-9-3-2-4-14-11(9)13/h2-4,10H,5-8H2,1H3,(H2,13,14)(H,17,18)/t10-/m0/s1. The Bertz CT molecular complexity index is 438. The molecule has 1 aliphatic rings. The van der Waals surface area contributed by atoms with E-state index in [0.29, 0.717) is 18.9 Å². The zero-order valence-electron chi connectivity index (χ0n) is 10.4. The third-order valence-corrected chi connectivity index (χ3v) is 3.34. The molecule has 18 heavy (non-hydrogen) atoms. The largest absolute Gasteiger partial charge is 0.480 e. The van der Waals surface area contributed by atoms with Gasteiger partial charge in [0.15, 0.2) is 0 Å². The van der Waals surface area contributed by atoms with Crippen molar-refractivity contribution in [2.24, 2.45) is 0 Å². The zero-order valence-corrected chi connectivity index (χ0v) is 10.4. The lowest BCUT2D eigenvalue weighted by Gasteiger charge is -2.37. The van der Waals surface area contributed by atoms with Crippen molar-refractivity contribution in [3.63, 3.8) is 0 Å². The van der Waals surface area contributed by atoms with Crippen molar-refractivity contribution in [2.75, 3.05) is 32.4 Å². The maximum Gasteiger partial charge on any atom is 0.322 e. The normalized spacial score (nSPS) is 21.9. The number of hydrogen-bond donors (Lipinski definition) is 2. The van der Waals surface area contributed by atoms with Crippen LogP contribution in [-0.4, -0.2) is 58.6 Å². The van der Waals surface area contributed by atoms with E-state index in [9.17, 15) is 4.79 Å². The van der Waals surface area contributed by atoms with E-state index in [0.717, 1.165) is 18.7 Å². The molecular weight excluding hydrogens is 232 g/mol. The summed E-state index contributed by atoms with van der Waals surface area (Å²) >= 11 is 0. The minimum atomic E-state index is -0.777. The smallest absolute Gasteiger partial charge is 0.322 e. The van der Waals surface area contributed by atoms with Crippen LogP contribution in [0, 0.1) is 0 Å². The summed E-state index contributed by atoms with van der Waals surface area (Å²) in [6, 6.07) is 3.32. The molecule has 0 saturated carbocycles. The van der Waals surface area contributed by atoms with Gasteiger partial charge >= 0.3 is 5.97 Å². The van der Waals surface area contributed by atoms with E-state index >= 15 is 0 Å². The highest BCUT2D eigenvalue weighted by Gasteiger charge is 2.29. The van der Waals surface area contributed by atoms with E-state index in [1.165, 1.54) is 0 Å². The lowest BCUT2D eigenvalue weighted by Crippen LogP contribution is -2.54. The van der Waals surface area contributed by atoms with Gasteiger partial charge in [-0.3, -0.25) is 14.6 Å². The highest BCUT2D eigenvalue weighted by molar-refractivity contribution is 5.73. The van der Waals surface area contributed by atoms with Gasteiger partial charge in [-0.05, 0) is 13.1 Å². The molecule has 1 aliphatic heterocycles. The Morgan fingerprint density at radius 3 is 3.06 bits per heavy atom. The number of aromatic nitrogens is 1. The Labute approximate surface area is 106 Å². The molecule has 0 spiro atoms. The first-order chi connectivity index (χ1) is 8.58. The molecule has 1 aromatic heterocycles. The number of aliphatic carboxylic acids is 1. The Morgan fingerprint density at radius 2 is 2.39 bits per heavy atom. The van der Waals surface area contributed by atoms with Crippen LogP contribution >= 0.6 is 0 Å². The Kier molecular flexibility index (Phi) is 3.78. The fourth-order valence-corrected chi connectivity index (χ4v) is 2.17. The number of pyridine rings is 1. The van der Waals surface area contributed by atoms with Crippen LogP contribution in [0.5, 0.6) is 0 Å². The second kappa shape index (κ2) is 5.32. The second-order valence-corrected chi connectivity index (χ2v) is 4.62. The van der Waals surface area contributed by atoms with Crippen molar-refractivity contribution in [2.45, 2.75) is 12.6 Å². The number of piperazine rings is 1. The Balaban J connectivity index is 2.03. The molecule has 0 aliphatic carbocycles. The molecule has 0 unspecified atom stereocenters. The van der Waals surface area contributed by atoms with Gasteiger partial charge in [0.1, 0.15) is 11.9 Å². The summed E-state index contributed by atoms with van der Waals surface area (Å²) in [4.78, 5) is 19.1. The van der Waals surface area contributed by atoms with Crippen molar-refractivity contribution < 1.29 is 9.90 Å². The molecule has 98 valence electrons. The summed E-state index contributed by atoms with van der Waals surface area (Å²) in [6.45, 7) is 2.75. The van der Waals surface area contributed by atoms with E-state index in [4.69, 9.17) is 10.8 Å². The molecule has 1 aromatic rings. The topological polar surface area (TPSA) is 82.7 Å². The van der Waals surface area contributed by atoms with Crippen molar-refractivity contribution in [1.29, 1.82) is 0 Å². The summed E-state index contributed by atoms with van der Waals surface area (Å²) in [5.41, 5.74) is 6.75. The van der Waals surface area contributed by atoms with Gasteiger partial charge in [0.25, 0.3) is 0 Å². The molecule has 1 saturated heterocycles. The number of anilines is 1. The van der Waals surface area contributed by atoms with Gasteiger partial charge in [0.2, 0.25) is 0 Å². The average molecular weight is 250 g/mol. The first-order valence-corrected chi connectivity index (χ1v) is 5.92. The highest BCUT2D eigenvalue weighted by Crippen LogP contribution is 2.14. The molecule has 3 N–H and O–H groups in total. The monoisotopic (exact) mass is 250 g/mol. The summed E-state index contributed by atoms with van der Waals surface area (Å²) in [7, 11) is 1.84. The van der Waals surface area contributed by atoms with Crippen LogP contribution in [0.15, 0.2) is 18.3 Å².